The van der Waals surface area contributed by atoms with Crippen LogP contribution in [0, 0.1) is 0 Å². The van der Waals surface area contributed by atoms with E-state index in [4.69, 9.17) is 23.7 Å². The summed E-state index contributed by atoms with van der Waals surface area (Å²) in [6, 6.07) is 8.06. The first kappa shape index (κ1) is 23.4. The van der Waals surface area contributed by atoms with Gasteiger partial charge in [-0.05, 0) is 65.8 Å². The number of hydrogen-bond acceptors (Lipinski definition) is 5. The van der Waals surface area contributed by atoms with Crippen LogP contribution in [0.3, 0.4) is 0 Å². The van der Waals surface area contributed by atoms with E-state index in [0.717, 1.165) is 33.8 Å². The van der Waals surface area contributed by atoms with Crippen molar-refractivity contribution in [2.75, 3.05) is 14.2 Å². The molecule has 0 saturated carbocycles. The first-order valence-electron chi connectivity index (χ1n) is 11.4. The Morgan fingerprint density at radius 1 is 0.667 bits per heavy atom. The number of benzene rings is 2. The third-order valence-corrected chi connectivity index (χ3v) is 6.16. The van der Waals surface area contributed by atoms with E-state index in [0.29, 0.717) is 11.5 Å². The highest BCUT2D eigenvalue weighted by Gasteiger charge is 2.27. The first-order chi connectivity index (χ1) is 15.5. The van der Waals surface area contributed by atoms with Crippen molar-refractivity contribution in [3.05, 3.63) is 58.7 Å². The fourth-order valence-corrected chi connectivity index (χ4v) is 4.03. The average molecular weight is 451 g/mol. The molecule has 0 unspecified atom stereocenters. The quantitative estimate of drug-likeness (QED) is 0.463. The predicted octanol–water partition coefficient (Wildman–Crippen LogP) is 7.26. The van der Waals surface area contributed by atoms with Crippen molar-refractivity contribution in [2.24, 2.45) is 0 Å². The summed E-state index contributed by atoms with van der Waals surface area (Å²) in [5, 5.41) is 0. The molecule has 5 heteroatoms. The SMILES string of the molecule is CO[C@H](C)c1cc2c(cc1Oc1cc3c(cc1[C@@H](C)OC)C=CC(C)(C)O3)OC(C)(C)C=C2. The van der Waals surface area contributed by atoms with Crippen LogP contribution >= 0.6 is 0 Å². The van der Waals surface area contributed by atoms with Gasteiger partial charge in [-0.25, -0.2) is 0 Å². The minimum atomic E-state index is -0.383. The summed E-state index contributed by atoms with van der Waals surface area (Å²) in [7, 11) is 3.39. The molecule has 33 heavy (non-hydrogen) atoms. The molecule has 0 fully saturated rings. The number of rotatable bonds is 6. The maximum absolute atomic E-state index is 6.59. The summed E-state index contributed by atoms with van der Waals surface area (Å²) in [5.74, 6) is 2.93. The Bertz CT molecular complexity index is 1020. The van der Waals surface area contributed by atoms with Gasteiger partial charge in [-0.15, -0.1) is 0 Å². The van der Waals surface area contributed by atoms with Crippen molar-refractivity contribution in [3.63, 3.8) is 0 Å². The van der Waals surface area contributed by atoms with Gasteiger partial charge in [-0.2, -0.15) is 0 Å². The Morgan fingerprint density at radius 2 is 1.06 bits per heavy atom. The second-order valence-electron chi connectivity index (χ2n) is 9.79. The first-order valence-corrected chi connectivity index (χ1v) is 11.4. The molecular weight excluding hydrogens is 416 g/mol. The molecule has 2 aliphatic heterocycles. The summed E-state index contributed by atoms with van der Waals surface area (Å²) in [4.78, 5) is 0. The minimum absolute atomic E-state index is 0.160. The van der Waals surface area contributed by atoms with Gasteiger partial charge >= 0.3 is 0 Å². The van der Waals surface area contributed by atoms with Crippen molar-refractivity contribution in [2.45, 2.75) is 65.0 Å². The van der Waals surface area contributed by atoms with Crippen LogP contribution in [0.25, 0.3) is 12.2 Å². The van der Waals surface area contributed by atoms with E-state index in [1.54, 1.807) is 14.2 Å². The third-order valence-electron chi connectivity index (χ3n) is 6.16. The number of ether oxygens (including phenoxy) is 5. The van der Waals surface area contributed by atoms with Gasteiger partial charge in [0.15, 0.2) is 0 Å². The highest BCUT2D eigenvalue weighted by molar-refractivity contribution is 5.67. The summed E-state index contributed by atoms with van der Waals surface area (Å²) >= 11 is 0. The van der Waals surface area contributed by atoms with Gasteiger partial charge in [0.2, 0.25) is 0 Å². The van der Waals surface area contributed by atoms with Gasteiger partial charge in [0.1, 0.15) is 34.2 Å². The molecule has 0 aliphatic carbocycles. The summed E-state index contributed by atoms with van der Waals surface area (Å²) in [6.45, 7) is 12.2. The molecule has 2 aromatic rings. The van der Waals surface area contributed by atoms with Crippen molar-refractivity contribution >= 4 is 12.2 Å². The van der Waals surface area contributed by atoms with E-state index in [-0.39, 0.29) is 23.4 Å². The van der Waals surface area contributed by atoms with E-state index in [1.165, 1.54) is 0 Å². The largest absolute Gasteiger partial charge is 0.483 e. The zero-order valence-electron chi connectivity index (χ0n) is 20.8. The van der Waals surface area contributed by atoms with Crippen molar-refractivity contribution in [3.8, 4) is 23.0 Å². The molecule has 0 saturated heterocycles. The van der Waals surface area contributed by atoms with E-state index >= 15 is 0 Å². The number of methoxy groups -OCH3 is 2. The van der Waals surface area contributed by atoms with E-state index in [1.807, 2.05) is 53.7 Å². The molecule has 0 radical (unpaired) electrons. The maximum Gasteiger partial charge on any atom is 0.136 e. The Kier molecular flexibility index (Phi) is 6.06. The molecule has 176 valence electrons. The van der Waals surface area contributed by atoms with Gasteiger partial charge in [0, 0.05) is 48.6 Å². The summed E-state index contributed by atoms with van der Waals surface area (Å²) in [5.41, 5.74) is 3.13. The van der Waals surface area contributed by atoms with Gasteiger partial charge < -0.3 is 23.7 Å². The lowest BCUT2D eigenvalue weighted by Gasteiger charge is -2.30. The second-order valence-corrected chi connectivity index (χ2v) is 9.79. The zero-order chi connectivity index (χ0) is 24.0. The van der Waals surface area contributed by atoms with Crippen molar-refractivity contribution in [1.29, 1.82) is 0 Å². The Balaban J connectivity index is 1.83. The lowest BCUT2D eigenvalue weighted by atomic mass is 9.97. The molecule has 5 nitrogen and oxygen atoms in total. The van der Waals surface area contributed by atoms with E-state index in [2.05, 4.69) is 36.4 Å². The molecule has 4 rings (SSSR count). The van der Waals surface area contributed by atoms with Crippen LogP contribution in [0.4, 0.5) is 0 Å². The Labute approximate surface area is 197 Å². The molecule has 0 spiro atoms. The second kappa shape index (κ2) is 8.54. The van der Waals surface area contributed by atoms with Crippen LogP contribution < -0.4 is 14.2 Å². The van der Waals surface area contributed by atoms with Crippen LogP contribution in [-0.2, 0) is 9.47 Å². The molecule has 2 atom stereocenters. The van der Waals surface area contributed by atoms with Gasteiger partial charge in [0.05, 0.1) is 12.2 Å². The normalized spacial score (nSPS) is 19.0. The summed E-state index contributed by atoms with van der Waals surface area (Å²) < 4.78 is 30.3. The molecule has 2 aromatic carbocycles. The monoisotopic (exact) mass is 450 g/mol. The predicted molar refractivity (Wildman–Crippen MR) is 131 cm³/mol. The molecular formula is C28H34O5. The Hall–Kier alpha value is -2.76. The number of hydrogen-bond donors (Lipinski definition) is 0. The van der Waals surface area contributed by atoms with E-state index < -0.39 is 0 Å². The number of fused-ring (bicyclic) bond motifs is 2. The molecule has 2 heterocycles. The lowest BCUT2D eigenvalue weighted by Crippen LogP contribution is -2.27. The molecule has 2 aliphatic rings. The highest BCUT2D eigenvalue weighted by atomic mass is 16.5. The highest BCUT2D eigenvalue weighted by Crippen LogP contribution is 2.44. The van der Waals surface area contributed by atoms with Crippen LogP contribution in [0.1, 0.15) is 76.0 Å². The molecule has 0 N–H and O–H groups in total. The maximum atomic E-state index is 6.59. The van der Waals surface area contributed by atoms with Gasteiger partial charge in [-0.3, -0.25) is 0 Å². The van der Waals surface area contributed by atoms with Crippen molar-refractivity contribution < 1.29 is 23.7 Å². The fourth-order valence-electron chi connectivity index (χ4n) is 4.03. The lowest BCUT2D eigenvalue weighted by molar-refractivity contribution is 0.114. The van der Waals surface area contributed by atoms with Crippen LogP contribution in [0.2, 0.25) is 0 Å². The smallest absolute Gasteiger partial charge is 0.136 e. The van der Waals surface area contributed by atoms with Crippen LogP contribution in [0.15, 0.2) is 36.4 Å². The van der Waals surface area contributed by atoms with E-state index in [9.17, 15) is 0 Å². The zero-order valence-corrected chi connectivity index (χ0v) is 20.8. The Morgan fingerprint density at radius 3 is 1.42 bits per heavy atom. The summed E-state index contributed by atoms with van der Waals surface area (Å²) in [6.07, 6.45) is 7.99. The molecule has 0 aromatic heterocycles. The van der Waals surface area contributed by atoms with Gasteiger partial charge in [-0.1, -0.05) is 12.2 Å². The van der Waals surface area contributed by atoms with Crippen LogP contribution in [0.5, 0.6) is 23.0 Å². The molecule has 0 bridgehead atoms. The van der Waals surface area contributed by atoms with Gasteiger partial charge in [0.25, 0.3) is 0 Å². The molecule has 0 amide bonds. The average Bonchev–Trinajstić information content (AvgIpc) is 2.76. The van der Waals surface area contributed by atoms with Crippen LogP contribution in [-0.4, -0.2) is 25.4 Å². The minimum Gasteiger partial charge on any atom is -0.483 e. The third kappa shape index (κ3) is 4.80. The topological polar surface area (TPSA) is 46.2 Å². The standard InChI is InChI=1S/C28H34O5/c1-17(29-7)21-13-19-9-11-27(3,4)32-23(19)15-25(21)31-26-16-24-20(10-12-28(5,6)33-24)14-22(26)18(2)30-8/h9-18H,1-8H3/t17-,18-/m1/s1. The fraction of sp³-hybridized carbons (Fsp3) is 0.429. The van der Waals surface area contributed by atoms with Crippen molar-refractivity contribution in [1.82, 2.24) is 0 Å².